The quantitative estimate of drug-likeness (QED) is 0.525. The molecule has 32 heavy (non-hydrogen) atoms. The fourth-order valence-corrected chi connectivity index (χ4v) is 4.40. The SMILES string of the molecule is CN(C)c1ccc([C@H](CNC(=O)c2ccc(Br)o2)N2CCN(c3ccccc3)CC2)cc1. The van der Waals surface area contributed by atoms with Crippen LogP contribution in [0.15, 0.2) is 75.8 Å². The van der Waals surface area contributed by atoms with E-state index in [0.29, 0.717) is 17.0 Å². The van der Waals surface area contributed by atoms with Gasteiger partial charge in [0.2, 0.25) is 0 Å². The molecule has 1 aromatic heterocycles. The van der Waals surface area contributed by atoms with Gasteiger partial charge in [-0.15, -0.1) is 0 Å². The summed E-state index contributed by atoms with van der Waals surface area (Å²) in [5, 5.41) is 3.07. The van der Waals surface area contributed by atoms with E-state index in [2.05, 4.69) is 84.5 Å². The molecule has 1 aliphatic rings. The third-order valence-corrected chi connectivity index (χ3v) is 6.35. The van der Waals surface area contributed by atoms with Crippen LogP contribution in [0.5, 0.6) is 0 Å². The van der Waals surface area contributed by atoms with Gasteiger partial charge in [0.25, 0.3) is 5.91 Å². The van der Waals surface area contributed by atoms with E-state index in [1.54, 1.807) is 12.1 Å². The van der Waals surface area contributed by atoms with E-state index in [-0.39, 0.29) is 11.9 Å². The van der Waals surface area contributed by atoms with E-state index in [9.17, 15) is 4.79 Å². The van der Waals surface area contributed by atoms with Gasteiger partial charge in [0.15, 0.2) is 10.4 Å². The van der Waals surface area contributed by atoms with E-state index in [1.165, 1.54) is 11.3 Å². The highest BCUT2D eigenvalue weighted by Crippen LogP contribution is 2.26. The van der Waals surface area contributed by atoms with Crippen LogP contribution in [0, 0.1) is 0 Å². The second-order valence-electron chi connectivity index (χ2n) is 8.17. The molecule has 168 valence electrons. The lowest BCUT2D eigenvalue weighted by atomic mass is 10.0. The molecule has 0 saturated carbocycles. The van der Waals surface area contributed by atoms with E-state index < -0.39 is 0 Å². The summed E-state index contributed by atoms with van der Waals surface area (Å²) in [6.07, 6.45) is 0. The van der Waals surface area contributed by atoms with Crippen molar-refractivity contribution in [2.75, 3.05) is 56.6 Å². The standard InChI is InChI=1S/C25H29BrN4O2/c1-28(2)20-10-8-19(9-11-20)22(18-27-25(31)23-12-13-24(26)32-23)30-16-14-29(15-17-30)21-6-4-3-5-7-21/h3-13,22H,14-18H2,1-2H3,(H,27,31)/t22-/m0/s1. The van der Waals surface area contributed by atoms with Gasteiger partial charge in [0, 0.05) is 58.2 Å². The Morgan fingerprint density at radius 2 is 1.69 bits per heavy atom. The maximum atomic E-state index is 12.6. The molecule has 1 amide bonds. The second kappa shape index (κ2) is 10.2. The third kappa shape index (κ3) is 5.34. The first kappa shape index (κ1) is 22.4. The Labute approximate surface area is 197 Å². The molecule has 2 heterocycles. The van der Waals surface area contributed by atoms with Crippen LogP contribution in [0.1, 0.15) is 22.2 Å². The number of anilines is 2. The molecule has 0 bridgehead atoms. The first-order valence-electron chi connectivity index (χ1n) is 10.9. The van der Waals surface area contributed by atoms with Crippen LogP contribution in [0.2, 0.25) is 0 Å². The van der Waals surface area contributed by atoms with E-state index in [4.69, 9.17) is 4.42 Å². The number of halogens is 1. The Hall–Kier alpha value is -2.77. The number of rotatable bonds is 7. The number of hydrogen-bond acceptors (Lipinski definition) is 5. The first-order chi connectivity index (χ1) is 15.5. The Morgan fingerprint density at radius 1 is 1.00 bits per heavy atom. The Bertz CT molecular complexity index is 1010. The summed E-state index contributed by atoms with van der Waals surface area (Å²) in [7, 11) is 4.08. The van der Waals surface area contributed by atoms with Gasteiger partial charge in [0.1, 0.15) is 0 Å². The molecule has 0 spiro atoms. The predicted molar refractivity (Wildman–Crippen MR) is 132 cm³/mol. The summed E-state index contributed by atoms with van der Waals surface area (Å²) in [6, 6.07) is 22.6. The smallest absolute Gasteiger partial charge is 0.287 e. The van der Waals surface area contributed by atoms with Crippen molar-refractivity contribution in [1.29, 1.82) is 0 Å². The molecule has 0 unspecified atom stereocenters. The van der Waals surface area contributed by atoms with Crippen molar-refractivity contribution in [2.24, 2.45) is 0 Å². The molecule has 2 aromatic carbocycles. The molecule has 1 aliphatic heterocycles. The highest BCUT2D eigenvalue weighted by atomic mass is 79.9. The number of carbonyl (C=O) groups is 1. The van der Waals surface area contributed by atoms with Crippen LogP contribution in [-0.2, 0) is 0 Å². The van der Waals surface area contributed by atoms with Crippen LogP contribution in [-0.4, -0.2) is 57.6 Å². The molecule has 1 N–H and O–H groups in total. The zero-order chi connectivity index (χ0) is 22.5. The molecule has 1 fully saturated rings. The van der Waals surface area contributed by atoms with Gasteiger partial charge >= 0.3 is 0 Å². The number of nitrogens with zero attached hydrogens (tertiary/aromatic N) is 3. The first-order valence-corrected chi connectivity index (χ1v) is 11.7. The van der Waals surface area contributed by atoms with Gasteiger partial charge in [-0.3, -0.25) is 9.69 Å². The number of para-hydroxylation sites is 1. The van der Waals surface area contributed by atoms with E-state index in [0.717, 1.165) is 31.9 Å². The monoisotopic (exact) mass is 496 g/mol. The fraction of sp³-hybridized carbons (Fsp3) is 0.320. The number of nitrogens with one attached hydrogen (secondary N) is 1. The molecule has 6 nitrogen and oxygen atoms in total. The van der Waals surface area contributed by atoms with Crippen molar-refractivity contribution >= 4 is 33.2 Å². The molecular weight excluding hydrogens is 468 g/mol. The number of piperazine rings is 1. The van der Waals surface area contributed by atoms with Gasteiger partial charge in [-0.2, -0.15) is 0 Å². The molecule has 3 aromatic rings. The Balaban J connectivity index is 1.47. The second-order valence-corrected chi connectivity index (χ2v) is 8.96. The third-order valence-electron chi connectivity index (χ3n) is 5.92. The average Bonchev–Trinajstić information content (AvgIpc) is 3.27. The van der Waals surface area contributed by atoms with Gasteiger partial charge < -0.3 is 19.5 Å². The molecule has 1 saturated heterocycles. The van der Waals surface area contributed by atoms with Crippen LogP contribution in [0.3, 0.4) is 0 Å². The summed E-state index contributed by atoms with van der Waals surface area (Å²) < 4.78 is 5.96. The Kier molecular flexibility index (Phi) is 7.17. The maximum absolute atomic E-state index is 12.6. The average molecular weight is 497 g/mol. The fourth-order valence-electron chi connectivity index (χ4n) is 4.10. The van der Waals surface area contributed by atoms with Gasteiger partial charge in [-0.05, 0) is 57.9 Å². The highest BCUT2D eigenvalue weighted by molar-refractivity contribution is 9.10. The normalized spacial score (nSPS) is 15.4. The van der Waals surface area contributed by atoms with Crippen molar-refractivity contribution in [3.8, 4) is 0 Å². The zero-order valence-electron chi connectivity index (χ0n) is 18.5. The topological polar surface area (TPSA) is 52.0 Å². The number of furan rings is 1. The lowest BCUT2D eigenvalue weighted by Crippen LogP contribution is -2.49. The van der Waals surface area contributed by atoms with Gasteiger partial charge in [-0.25, -0.2) is 0 Å². The minimum Gasteiger partial charge on any atom is -0.444 e. The van der Waals surface area contributed by atoms with Crippen LogP contribution in [0.4, 0.5) is 11.4 Å². The van der Waals surface area contributed by atoms with E-state index in [1.807, 2.05) is 20.2 Å². The predicted octanol–water partition coefficient (Wildman–Crippen LogP) is 4.40. The van der Waals surface area contributed by atoms with Crippen LogP contribution >= 0.6 is 15.9 Å². The summed E-state index contributed by atoms with van der Waals surface area (Å²) in [5.41, 5.74) is 3.62. The molecule has 0 aliphatic carbocycles. The van der Waals surface area contributed by atoms with Crippen LogP contribution in [0.25, 0.3) is 0 Å². The summed E-state index contributed by atoms with van der Waals surface area (Å²) in [4.78, 5) is 19.6. The van der Waals surface area contributed by atoms with Crippen LogP contribution < -0.4 is 15.1 Å². The molecular formula is C25H29BrN4O2. The van der Waals surface area contributed by atoms with E-state index >= 15 is 0 Å². The lowest BCUT2D eigenvalue weighted by Gasteiger charge is -2.40. The van der Waals surface area contributed by atoms with Gasteiger partial charge in [0.05, 0.1) is 6.04 Å². The lowest BCUT2D eigenvalue weighted by molar-refractivity contribution is 0.0901. The molecule has 1 atom stereocenters. The van der Waals surface area contributed by atoms with Crippen molar-refractivity contribution in [2.45, 2.75) is 6.04 Å². The van der Waals surface area contributed by atoms with Crippen molar-refractivity contribution < 1.29 is 9.21 Å². The van der Waals surface area contributed by atoms with Crippen molar-refractivity contribution in [3.05, 3.63) is 82.7 Å². The van der Waals surface area contributed by atoms with Gasteiger partial charge in [-0.1, -0.05) is 30.3 Å². The van der Waals surface area contributed by atoms with Crippen molar-refractivity contribution in [1.82, 2.24) is 10.2 Å². The largest absolute Gasteiger partial charge is 0.444 e. The minimum absolute atomic E-state index is 0.0893. The summed E-state index contributed by atoms with van der Waals surface area (Å²) in [5.74, 6) is 0.112. The molecule has 0 radical (unpaired) electrons. The Morgan fingerprint density at radius 3 is 2.28 bits per heavy atom. The number of amides is 1. The maximum Gasteiger partial charge on any atom is 0.287 e. The molecule has 7 heteroatoms. The number of benzene rings is 2. The number of carbonyl (C=O) groups excluding carboxylic acids is 1. The minimum atomic E-state index is -0.200. The number of hydrogen-bond donors (Lipinski definition) is 1. The summed E-state index contributed by atoms with van der Waals surface area (Å²) >= 11 is 3.26. The van der Waals surface area contributed by atoms with Crippen molar-refractivity contribution in [3.63, 3.8) is 0 Å². The zero-order valence-corrected chi connectivity index (χ0v) is 20.1. The summed E-state index contributed by atoms with van der Waals surface area (Å²) in [6.45, 7) is 4.28. The molecule has 4 rings (SSSR count). The highest BCUT2D eigenvalue weighted by Gasteiger charge is 2.26.